The molecule has 4 nitrogen and oxygen atoms in total. The van der Waals surface area contributed by atoms with Gasteiger partial charge in [0.25, 0.3) is 0 Å². The van der Waals surface area contributed by atoms with Gasteiger partial charge in [-0.05, 0) is 56.1 Å². The van der Waals surface area contributed by atoms with Crippen LogP contribution in [-0.4, -0.2) is 25.6 Å². The Morgan fingerprint density at radius 3 is 2.67 bits per heavy atom. The van der Waals surface area contributed by atoms with E-state index in [9.17, 15) is 13.6 Å². The fraction of sp³-hybridized carbons (Fsp3) is 0.500. The SMILES string of the molecule is Cl.O=C(CCC1CCNC1)Nc1ccc(OC(F)F)cc1. The van der Waals surface area contributed by atoms with E-state index in [2.05, 4.69) is 15.4 Å². The van der Waals surface area contributed by atoms with Gasteiger partial charge in [0.05, 0.1) is 0 Å². The summed E-state index contributed by atoms with van der Waals surface area (Å²) in [6, 6.07) is 5.91. The van der Waals surface area contributed by atoms with Crippen LogP contribution in [0.4, 0.5) is 14.5 Å². The topological polar surface area (TPSA) is 50.4 Å². The average molecular weight is 321 g/mol. The lowest BCUT2D eigenvalue weighted by Crippen LogP contribution is -2.15. The summed E-state index contributed by atoms with van der Waals surface area (Å²) in [6.45, 7) is -0.833. The molecule has 1 aromatic carbocycles. The van der Waals surface area contributed by atoms with Crippen molar-refractivity contribution in [3.63, 3.8) is 0 Å². The quantitative estimate of drug-likeness (QED) is 0.847. The Bertz CT molecular complexity index is 437. The molecular weight excluding hydrogens is 302 g/mol. The summed E-state index contributed by atoms with van der Waals surface area (Å²) >= 11 is 0. The number of ether oxygens (including phenoxy) is 1. The normalized spacial score (nSPS) is 17.4. The summed E-state index contributed by atoms with van der Waals surface area (Å²) in [6.07, 6.45) is 2.46. The van der Waals surface area contributed by atoms with Crippen molar-refractivity contribution >= 4 is 24.0 Å². The van der Waals surface area contributed by atoms with E-state index in [1.54, 1.807) is 12.1 Å². The molecule has 0 saturated carbocycles. The first kappa shape index (κ1) is 17.7. The number of anilines is 1. The maximum atomic E-state index is 12.0. The molecule has 0 radical (unpaired) electrons. The predicted molar refractivity (Wildman–Crippen MR) is 79.2 cm³/mol. The van der Waals surface area contributed by atoms with Gasteiger partial charge in [-0.15, -0.1) is 12.4 Å². The summed E-state index contributed by atoms with van der Waals surface area (Å²) in [5.41, 5.74) is 0.584. The lowest BCUT2D eigenvalue weighted by Gasteiger charge is -2.09. The van der Waals surface area contributed by atoms with Gasteiger partial charge in [-0.3, -0.25) is 4.79 Å². The largest absolute Gasteiger partial charge is 0.435 e. The van der Waals surface area contributed by atoms with Gasteiger partial charge < -0.3 is 15.4 Å². The summed E-state index contributed by atoms with van der Waals surface area (Å²) in [5.74, 6) is 0.594. The van der Waals surface area contributed by atoms with Crippen LogP contribution in [0, 0.1) is 5.92 Å². The van der Waals surface area contributed by atoms with Gasteiger partial charge in [-0.1, -0.05) is 0 Å². The minimum Gasteiger partial charge on any atom is -0.435 e. The van der Waals surface area contributed by atoms with Crippen molar-refractivity contribution < 1.29 is 18.3 Å². The lowest BCUT2D eigenvalue weighted by atomic mass is 10.0. The molecule has 1 aromatic rings. The van der Waals surface area contributed by atoms with E-state index in [0.717, 1.165) is 25.9 Å². The fourth-order valence-corrected chi connectivity index (χ4v) is 2.24. The molecule has 1 fully saturated rings. The zero-order valence-electron chi connectivity index (χ0n) is 11.5. The van der Waals surface area contributed by atoms with Gasteiger partial charge in [0, 0.05) is 12.1 Å². The van der Waals surface area contributed by atoms with E-state index in [0.29, 0.717) is 18.0 Å². The van der Waals surface area contributed by atoms with Gasteiger partial charge in [0.15, 0.2) is 0 Å². The van der Waals surface area contributed by atoms with Crippen molar-refractivity contribution in [2.24, 2.45) is 5.92 Å². The van der Waals surface area contributed by atoms with Crippen molar-refractivity contribution in [1.29, 1.82) is 0 Å². The minimum atomic E-state index is -2.84. The maximum Gasteiger partial charge on any atom is 0.387 e. The molecule has 1 aliphatic rings. The first-order valence-electron chi connectivity index (χ1n) is 6.69. The van der Waals surface area contributed by atoms with Crippen LogP contribution in [-0.2, 0) is 4.79 Å². The third kappa shape index (κ3) is 6.27. The van der Waals surface area contributed by atoms with E-state index in [1.165, 1.54) is 12.1 Å². The molecule has 7 heteroatoms. The van der Waals surface area contributed by atoms with Gasteiger partial charge in [0.2, 0.25) is 5.91 Å². The number of benzene rings is 1. The number of hydrogen-bond donors (Lipinski definition) is 2. The lowest BCUT2D eigenvalue weighted by molar-refractivity contribution is -0.116. The smallest absolute Gasteiger partial charge is 0.387 e. The van der Waals surface area contributed by atoms with E-state index in [4.69, 9.17) is 0 Å². The molecular formula is C14H19ClF2N2O2. The molecule has 1 amide bonds. The van der Waals surface area contributed by atoms with Crippen molar-refractivity contribution in [2.75, 3.05) is 18.4 Å². The van der Waals surface area contributed by atoms with Crippen molar-refractivity contribution in [3.8, 4) is 5.75 Å². The zero-order valence-corrected chi connectivity index (χ0v) is 12.3. The molecule has 0 bridgehead atoms. The number of nitrogens with one attached hydrogen (secondary N) is 2. The molecule has 1 heterocycles. The number of carbonyl (C=O) groups excluding carboxylic acids is 1. The summed E-state index contributed by atoms with van der Waals surface area (Å²) in [4.78, 5) is 11.7. The highest BCUT2D eigenvalue weighted by atomic mass is 35.5. The number of halogens is 3. The van der Waals surface area contributed by atoms with E-state index >= 15 is 0 Å². The van der Waals surface area contributed by atoms with E-state index in [-0.39, 0.29) is 24.1 Å². The number of hydrogen-bond acceptors (Lipinski definition) is 3. The van der Waals surface area contributed by atoms with E-state index < -0.39 is 6.61 Å². The molecule has 2 N–H and O–H groups in total. The molecule has 118 valence electrons. The van der Waals surface area contributed by atoms with Crippen LogP contribution in [0.15, 0.2) is 24.3 Å². The van der Waals surface area contributed by atoms with Crippen molar-refractivity contribution in [1.82, 2.24) is 5.32 Å². The molecule has 1 atom stereocenters. The number of alkyl halides is 2. The Kier molecular flexibility index (Phi) is 7.39. The fourth-order valence-electron chi connectivity index (χ4n) is 2.24. The third-order valence-electron chi connectivity index (χ3n) is 3.31. The Labute approximate surface area is 128 Å². The highest BCUT2D eigenvalue weighted by Gasteiger charge is 2.15. The zero-order chi connectivity index (χ0) is 14.4. The molecule has 0 spiro atoms. The molecule has 1 aliphatic heterocycles. The molecule has 21 heavy (non-hydrogen) atoms. The van der Waals surface area contributed by atoms with Gasteiger partial charge in [-0.25, -0.2) is 0 Å². The number of carbonyl (C=O) groups is 1. The van der Waals surface area contributed by atoms with Crippen LogP contribution >= 0.6 is 12.4 Å². The number of rotatable bonds is 6. The monoisotopic (exact) mass is 320 g/mol. The standard InChI is InChI=1S/C14H18F2N2O2.ClH/c15-14(16)20-12-4-2-11(3-5-12)18-13(19)6-1-10-7-8-17-9-10;/h2-5,10,14,17H,1,6-9H2,(H,18,19);1H. The molecule has 2 rings (SSSR count). The van der Waals surface area contributed by atoms with Crippen molar-refractivity contribution in [3.05, 3.63) is 24.3 Å². The molecule has 1 saturated heterocycles. The second-order valence-corrected chi connectivity index (χ2v) is 4.85. The van der Waals surface area contributed by atoms with E-state index in [1.807, 2.05) is 0 Å². The Morgan fingerprint density at radius 2 is 2.10 bits per heavy atom. The van der Waals surface area contributed by atoms with Gasteiger partial charge >= 0.3 is 6.61 Å². The van der Waals surface area contributed by atoms with Crippen molar-refractivity contribution in [2.45, 2.75) is 25.9 Å². The maximum absolute atomic E-state index is 12.0. The highest BCUT2D eigenvalue weighted by Crippen LogP contribution is 2.19. The first-order chi connectivity index (χ1) is 9.63. The van der Waals surface area contributed by atoms with Crippen LogP contribution in [0.25, 0.3) is 0 Å². The van der Waals surface area contributed by atoms with Crippen LogP contribution in [0.3, 0.4) is 0 Å². The molecule has 0 aromatic heterocycles. The van der Waals surface area contributed by atoms with Crippen LogP contribution < -0.4 is 15.4 Å². The predicted octanol–water partition coefficient (Wildman–Crippen LogP) is 3.04. The summed E-state index contributed by atoms with van der Waals surface area (Å²) < 4.78 is 28.2. The second-order valence-electron chi connectivity index (χ2n) is 4.85. The second kappa shape index (κ2) is 8.79. The average Bonchev–Trinajstić information content (AvgIpc) is 2.91. The summed E-state index contributed by atoms with van der Waals surface area (Å²) in [5, 5.41) is 6.00. The van der Waals surface area contributed by atoms with Crippen LogP contribution in [0.5, 0.6) is 5.75 Å². The molecule has 1 unspecified atom stereocenters. The molecule has 0 aliphatic carbocycles. The Balaban J connectivity index is 0.00000220. The number of amides is 1. The Morgan fingerprint density at radius 1 is 1.38 bits per heavy atom. The minimum absolute atomic E-state index is 0. The van der Waals surface area contributed by atoms with Crippen LogP contribution in [0.2, 0.25) is 0 Å². The van der Waals surface area contributed by atoms with Gasteiger partial charge in [0.1, 0.15) is 5.75 Å². The Hall–Kier alpha value is -1.40. The van der Waals surface area contributed by atoms with Gasteiger partial charge in [-0.2, -0.15) is 8.78 Å². The van der Waals surface area contributed by atoms with Crippen LogP contribution in [0.1, 0.15) is 19.3 Å². The first-order valence-corrected chi connectivity index (χ1v) is 6.69. The summed E-state index contributed by atoms with van der Waals surface area (Å²) in [7, 11) is 0. The highest BCUT2D eigenvalue weighted by molar-refractivity contribution is 5.90. The third-order valence-corrected chi connectivity index (χ3v) is 3.31.